The molecule has 2 aromatic carbocycles. The largest absolute Gasteiger partial charge is 0.463 e. The van der Waals surface area contributed by atoms with Crippen LogP contribution in [0.15, 0.2) is 48.5 Å². The van der Waals surface area contributed by atoms with Gasteiger partial charge in [0.15, 0.2) is 4.75 Å². The molecular weight excluding hydrogens is 358 g/mol. The number of para-hydroxylation sites is 2. The fourth-order valence-corrected chi connectivity index (χ4v) is 4.77. The monoisotopic (exact) mass is 385 g/mol. The van der Waals surface area contributed by atoms with Gasteiger partial charge in [0, 0.05) is 17.7 Å². The molecule has 4 nitrogen and oxygen atoms in total. The number of carbonyl (C=O) groups is 1. The van der Waals surface area contributed by atoms with Gasteiger partial charge in [-0.3, -0.25) is 0 Å². The van der Waals surface area contributed by atoms with Gasteiger partial charge in [0.1, 0.15) is 18.1 Å². The third-order valence-corrected chi connectivity index (χ3v) is 6.26. The molecule has 0 unspecified atom stereocenters. The van der Waals surface area contributed by atoms with Gasteiger partial charge in [0.25, 0.3) is 0 Å². The first-order valence-electron chi connectivity index (χ1n) is 9.57. The van der Waals surface area contributed by atoms with Gasteiger partial charge in [-0.15, -0.1) is 11.8 Å². The number of fused-ring (bicyclic) bond motifs is 2. The number of ether oxygens (including phenoxy) is 2. The fraction of sp³-hybridized carbons (Fsp3) is 0.409. The van der Waals surface area contributed by atoms with Gasteiger partial charge in [-0.05, 0) is 31.0 Å². The maximum Gasteiger partial charge on any atom is 0.331 e. The highest BCUT2D eigenvalue weighted by Gasteiger charge is 2.50. The molecule has 2 aromatic rings. The third-order valence-electron chi connectivity index (χ3n) is 4.94. The first-order valence-corrected chi connectivity index (χ1v) is 10.6. The number of benzene rings is 2. The molecule has 1 aliphatic rings. The maximum atomic E-state index is 13.5. The Labute approximate surface area is 165 Å². The average molecular weight is 386 g/mol. The van der Waals surface area contributed by atoms with E-state index < -0.39 is 4.75 Å². The summed E-state index contributed by atoms with van der Waals surface area (Å²) >= 11 is 1.60. The molecule has 0 spiro atoms. The van der Waals surface area contributed by atoms with Crippen molar-refractivity contribution in [2.24, 2.45) is 0 Å². The Morgan fingerprint density at radius 2 is 1.56 bits per heavy atom. The lowest BCUT2D eigenvalue weighted by Crippen LogP contribution is -2.39. The Kier molecular flexibility index (Phi) is 6.45. The second-order valence-electron chi connectivity index (χ2n) is 6.37. The van der Waals surface area contributed by atoms with Crippen molar-refractivity contribution < 1.29 is 14.3 Å². The quantitative estimate of drug-likeness (QED) is 0.617. The fourth-order valence-electron chi connectivity index (χ4n) is 3.52. The normalized spacial score (nSPS) is 14.2. The van der Waals surface area contributed by atoms with Crippen LogP contribution in [0.5, 0.6) is 11.5 Å². The van der Waals surface area contributed by atoms with Crippen LogP contribution in [0.1, 0.15) is 31.9 Å². The molecule has 1 heterocycles. The molecule has 5 heteroatoms. The first kappa shape index (κ1) is 19.8. The van der Waals surface area contributed by atoms with Gasteiger partial charge >= 0.3 is 5.97 Å². The minimum absolute atomic E-state index is 0.218. The number of esters is 1. The predicted octanol–water partition coefficient (Wildman–Crippen LogP) is 4.67. The van der Waals surface area contributed by atoms with E-state index >= 15 is 0 Å². The minimum atomic E-state index is -0.899. The first-order chi connectivity index (χ1) is 13.2. The Morgan fingerprint density at radius 3 is 2.07 bits per heavy atom. The summed E-state index contributed by atoms with van der Waals surface area (Å²) in [7, 11) is 0. The van der Waals surface area contributed by atoms with E-state index in [2.05, 4.69) is 25.7 Å². The van der Waals surface area contributed by atoms with Crippen LogP contribution < -0.4 is 4.74 Å². The standard InChI is InChI=1S/C22H27NO3S/c1-4-23(5-2)15-16-25-21(24)22(27-6-3)17-11-7-9-13-19(17)26-20-14-10-8-12-18(20)22/h7-14H,4-6,15-16H2,1-3H3. The Balaban J connectivity index is 1.98. The van der Waals surface area contributed by atoms with Crippen molar-refractivity contribution in [2.75, 3.05) is 32.0 Å². The number of thioether (sulfide) groups is 1. The molecule has 0 atom stereocenters. The molecule has 0 fully saturated rings. The third kappa shape index (κ3) is 3.71. The molecule has 3 rings (SSSR count). The molecule has 0 aromatic heterocycles. The molecule has 0 radical (unpaired) electrons. The van der Waals surface area contributed by atoms with Gasteiger partial charge in [-0.2, -0.15) is 0 Å². The molecular formula is C22H27NO3S. The van der Waals surface area contributed by atoms with Crippen molar-refractivity contribution >= 4 is 17.7 Å². The topological polar surface area (TPSA) is 38.8 Å². The van der Waals surface area contributed by atoms with Crippen LogP contribution in [0.3, 0.4) is 0 Å². The van der Waals surface area contributed by atoms with E-state index in [0.29, 0.717) is 6.61 Å². The highest BCUT2D eigenvalue weighted by Crippen LogP contribution is 2.54. The van der Waals surface area contributed by atoms with Crippen LogP contribution >= 0.6 is 11.8 Å². The van der Waals surface area contributed by atoms with Gasteiger partial charge in [0.05, 0.1) is 0 Å². The van der Waals surface area contributed by atoms with Crippen molar-refractivity contribution in [3.05, 3.63) is 59.7 Å². The lowest BCUT2D eigenvalue weighted by atomic mass is 9.87. The number of carbonyl (C=O) groups excluding carboxylic acids is 1. The van der Waals surface area contributed by atoms with Crippen molar-refractivity contribution in [3.63, 3.8) is 0 Å². The van der Waals surface area contributed by atoms with E-state index in [0.717, 1.165) is 48.0 Å². The van der Waals surface area contributed by atoms with Gasteiger partial charge < -0.3 is 14.4 Å². The van der Waals surface area contributed by atoms with Gasteiger partial charge in [-0.1, -0.05) is 57.2 Å². The summed E-state index contributed by atoms with van der Waals surface area (Å²) in [4.78, 5) is 15.7. The summed E-state index contributed by atoms with van der Waals surface area (Å²) in [5.74, 6) is 2.01. The summed E-state index contributed by atoms with van der Waals surface area (Å²) in [5.41, 5.74) is 1.73. The Hall–Kier alpha value is -1.98. The van der Waals surface area contributed by atoms with Crippen LogP contribution in [0.2, 0.25) is 0 Å². The predicted molar refractivity (Wildman–Crippen MR) is 111 cm³/mol. The second kappa shape index (κ2) is 8.81. The number of rotatable bonds is 8. The van der Waals surface area contributed by atoms with Crippen molar-refractivity contribution in [1.29, 1.82) is 0 Å². The molecule has 27 heavy (non-hydrogen) atoms. The summed E-state index contributed by atoms with van der Waals surface area (Å²) < 4.78 is 11.0. The zero-order valence-electron chi connectivity index (χ0n) is 16.2. The van der Waals surface area contributed by atoms with Crippen LogP contribution in [-0.2, 0) is 14.3 Å². The van der Waals surface area contributed by atoms with E-state index in [4.69, 9.17) is 9.47 Å². The van der Waals surface area contributed by atoms with E-state index in [-0.39, 0.29) is 5.97 Å². The summed E-state index contributed by atoms with van der Waals surface area (Å²) in [5, 5.41) is 0. The van der Waals surface area contributed by atoms with Crippen LogP contribution in [0.25, 0.3) is 0 Å². The van der Waals surface area contributed by atoms with Crippen molar-refractivity contribution in [3.8, 4) is 11.5 Å². The minimum Gasteiger partial charge on any atom is -0.463 e. The van der Waals surface area contributed by atoms with Crippen LogP contribution in [-0.4, -0.2) is 42.9 Å². The molecule has 0 N–H and O–H groups in total. The lowest BCUT2D eigenvalue weighted by molar-refractivity contribution is -0.146. The molecule has 0 saturated heterocycles. The molecule has 0 saturated carbocycles. The summed E-state index contributed by atoms with van der Waals surface area (Å²) in [6.07, 6.45) is 0. The number of likely N-dealkylation sites (N-methyl/N-ethyl adjacent to an activating group) is 1. The Bertz CT molecular complexity index is 743. The zero-order chi connectivity index (χ0) is 19.3. The van der Waals surface area contributed by atoms with E-state index in [1.165, 1.54) is 0 Å². The van der Waals surface area contributed by atoms with Crippen molar-refractivity contribution in [1.82, 2.24) is 4.90 Å². The van der Waals surface area contributed by atoms with Gasteiger partial charge in [-0.25, -0.2) is 4.79 Å². The number of nitrogens with zero attached hydrogens (tertiary/aromatic N) is 1. The van der Waals surface area contributed by atoms with Gasteiger partial charge in [0.2, 0.25) is 0 Å². The average Bonchev–Trinajstić information content (AvgIpc) is 2.71. The molecule has 144 valence electrons. The molecule has 0 bridgehead atoms. The van der Waals surface area contributed by atoms with Crippen LogP contribution in [0.4, 0.5) is 0 Å². The number of hydrogen-bond donors (Lipinski definition) is 0. The lowest BCUT2D eigenvalue weighted by Gasteiger charge is -2.37. The van der Waals surface area contributed by atoms with Crippen molar-refractivity contribution in [2.45, 2.75) is 25.5 Å². The van der Waals surface area contributed by atoms with Crippen LogP contribution in [0, 0.1) is 0 Å². The van der Waals surface area contributed by atoms with E-state index in [1.54, 1.807) is 11.8 Å². The smallest absolute Gasteiger partial charge is 0.331 e. The maximum absolute atomic E-state index is 13.5. The van der Waals surface area contributed by atoms with E-state index in [1.807, 2.05) is 48.5 Å². The highest BCUT2D eigenvalue weighted by atomic mass is 32.2. The SMILES string of the molecule is CCSC1(C(=O)OCCN(CC)CC)c2ccccc2Oc2ccccc21. The molecule has 1 aliphatic heterocycles. The van der Waals surface area contributed by atoms with E-state index in [9.17, 15) is 4.79 Å². The molecule has 0 amide bonds. The second-order valence-corrected chi connectivity index (χ2v) is 7.85. The highest BCUT2D eigenvalue weighted by molar-refractivity contribution is 8.01. The summed E-state index contributed by atoms with van der Waals surface area (Å²) in [6, 6.07) is 15.5. The molecule has 0 aliphatic carbocycles. The summed E-state index contributed by atoms with van der Waals surface area (Å²) in [6.45, 7) is 9.32. The number of hydrogen-bond acceptors (Lipinski definition) is 5. The zero-order valence-corrected chi connectivity index (χ0v) is 17.1. The Morgan fingerprint density at radius 1 is 1.00 bits per heavy atom.